The molecule has 1 N–H and O–H groups in total. The van der Waals surface area contributed by atoms with Crippen molar-refractivity contribution >= 4 is 11.8 Å². The van der Waals surface area contributed by atoms with Gasteiger partial charge in [-0.05, 0) is 57.3 Å². The predicted molar refractivity (Wildman–Crippen MR) is 82.3 cm³/mol. The Kier molecular flexibility index (Phi) is 8.71. The molecule has 0 aliphatic rings. The van der Waals surface area contributed by atoms with Gasteiger partial charge in [-0.25, -0.2) is 0 Å². The van der Waals surface area contributed by atoms with Gasteiger partial charge >= 0.3 is 0 Å². The van der Waals surface area contributed by atoms with Crippen LogP contribution < -0.4 is 10.1 Å². The summed E-state index contributed by atoms with van der Waals surface area (Å²) in [6, 6.07) is 8.19. The van der Waals surface area contributed by atoms with Gasteiger partial charge in [-0.2, -0.15) is 0 Å². The summed E-state index contributed by atoms with van der Waals surface area (Å²) < 4.78 is 11.1. The van der Waals surface area contributed by atoms with Crippen molar-refractivity contribution in [2.24, 2.45) is 0 Å². The summed E-state index contributed by atoms with van der Waals surface area (Å²) in [4.78, 5) is 1.26. The lowest BCUT2D eigenvalue weighted by atomic mass is 10.3. The third kappa shape index (κ3) is 8.14. The Bertz CT molecular complexity index is 327. The smallest absolute Gasteiger partial charge is 0.119 e. The van der Waals surface area contributed by atoms with E-state index in [0.717, 1.165) is 31.9 Å². The van der Waals surface area contributed by atoms with Crippen LogP contribution in [0.4, 0.5) is 0 Å². The summed E-state index contributed by atoms with van der Waals surface area (Å²) in [6.45, 7) is 7.48. The summed E-state index contributed by atoms with van der Waals surface area (Å²) in [5, 5.41) is 3.34. The van der Waals surface area contributed by atoms with Gasteiger partial charge in [0.15, 0.2) is 0 Å². The lowest BCUT2D eigenvalue weighted by Crippen LogP contribution is -2.23. The Morgan fingerprint density at radius 2 is 1.84 bits per heavy atom. The number of ether oxygens (including phenoxy) is 2. The highest BCUT2D eigenvalue weighted by Gasteiger charge is 1.95. The molecular formula is C15H25NO2S. The van der Waals surface area contributed by atoms with Crippen LogP contribution in [0.2, 0.25) is 0 Å². The molecule has 1 rings (SSSR count). The first-order valence-corrected chi connectivity index (χ1v) is 8.04. The maximum atomic E-state index is 5.65. The van der Waals surface area contributed by atoms with Crippen molar-refractivity contribution in [1.29, 1.82) is 0 Å². The zero-order chi connectivity index (χ0) is 13.9. The molecule has 0 fully saturated rings. The molecule has 108 valence electrons. The molecule has 0 aliphatic heterocycles. The molecule has 0 atom stereocenters. The monoisotopic (exact) mass is 283 g/mol. The minimum absolute atomic E-state index is 0.326. The molecule has 0 saturated carbocycles. The van der Waals surface area contributed by atoms with Crippen molar-refractivity contribution in [2.45, 2.75) is 31.3 Å². The Morgan fingerprint density at radius 1 is 1.11 bits per heavy atom. The van der Waals surface area contributed by atoms with Crippen LogP contribution in [-0.4, -0.2) is 38.7 Å². The van der Waals surface area contributed by atoms with Crippen molar-refractivity contribution in [3.05, 3.63) is 24.3 Å². The molecular weight excluding hydrogens is 258 g/mol. The Labute approximate surface area is 121 Å². The third-order valence-corrected chi connectivity index (χ3v) is 3.30. The van der Waals surface area contributed by atoms with Gasteiger partial charge < -0.3 is 14.8 Å². The summed E-state index contributed by atoms with van der Waals surface area (Å²) in [5.41, 5.74) is 0. The van der Waals surface area contributed by atoms with E-state index in [0.29, 0.717) is 12.7 Å². The van der Waals surface area contributed by atoms with Gasteiger partial charge in [-0.3, -0.25) is 0 Å². The third-order valence-electron chi connectivity index (χ3n) is 2.56. The van der Waals surface area contributed by atoms with Crippen LogP contribution in [0.3, 0.4) is 0 Å². The number of benzene rings is 1. The highest BCUT2D eigenvalue weighted by Crippen LogP contribution is 2.18. The van der Waals surface area contributed by atoms with Gasteiger partial charge in [0.25, 0.3) is 0 Å². The zero-order valence-electron chi connectivity index (χ0n) is 12.1. The van der Waals surface area contributed by atoms with Crippen molar-refractivity contribution in [3.8, 4) is 5.75 Å². The maximum absolute atomic E-state index is 5.65. The van der Waals surface area contributed by atoms with E-state index in [-0.39, 0.29) is 0 Å². The molecule has 0 unspecified atom stereocenters. The van der Waals surface area contributed by atoms with Crippen molar-refractivity contribution in [1.82, 2.24) is 5.32 Å². The molecule has 0 saturated heterocycles. The van der Waals surface area contributed by atoms with E-state index < -0.39 is 0 Å². The Morgan fingerprint density at radius 3 is 2.47 bits per heavy atom. The van der Waals surface area contributed by atoms with Crippen LogP contribution in [0.1, 0.15) is 20.3 Å². The second-order valence-electron chi connectivity index (χ2n) is 4.55. The second-order valence-corrected chi connectivity index (χ2v) is 5.43. The van der Waals surface area contributed by atoms with Crippen LogP contribution in [0.5, 0.6) is 5.75 Å². The van der Waals surface area contributed by atoms with E-state index in [9.17, 15) is 0 Å². The molecule has 1 aromatic rings. The predicted octanol–water partition coefficient (Wildman–Crippen LogP) is 3.19. The minimum atomic E-state index is 0.326. The SMILES string of the molecule is CSc1ccc(OCCNCCCOC(C)C)cc1. The number of hydrogen-bond donors (Lipinski definition) is 1. The van der Waals surface area contributed by atoms with Crippen LogP contribution >= 0.6 is 11.8 Å². The number of thioether (sulfide) groups is 1. The van der Waals surface area contributed by atoms with Gasteiger partial charge in [-0.1, -0.05) is 0 Å². The first kappa shape index (κ1) is 16.3. The molecule has 3 nitrogen and oxygen atoms in total. The molecule has 0 aliphatic carbocycles. The number of hydrogen-bond acceptors (Lipinski definition) is 4. The van der Waals surface area contributed by atoms with Crippen LogP contribution in [0.15, 0.2) is 29.2 Å². The van der Waals surface area contributed by atoms with Gasteiger partial charge in [0, 0.05) is 18.0 Å². The average molecular weight is 283 g/mol. The van der Waals surface area contributed by atoms with Crippen LogP contribution in [0, 0.1) is 0 Å². The van der Waals surface area contributed by atoms with Crippen molar-refractivity contribution < 1.29 is 9.47 Å². The summed E-state index contributed by atoms with van der Waals surface area (Å²) in [5.74, 6) is 0.933. The van der Waals surface area contributed by atoms with E-state index in [1.807, 2.05) is 12.1 Å². The van der Waals surface area contributed by atoms with E-state index in [2.05, 4.69) is 37.6 Å². The number of nitrogens with one attached hydrogen (secondary N) is 1. The Balaban J connectivity index is 1.98. The fourth-order valence-electron chi connectivity index (χ4n) is 1.55. The minimum Gasteiger partial charge on any atom is -0.492 e. The number of rotatable bonds is 10. The zero-order valence-corrected chi connectivity index (χ0v) is 13.0. The fraction of sp³-hybridized carbons (Fsp3) is 0.600. The highest BCUT2D eigenvalue weighted by molar-refractivity contribution is 7.98. The molecule has 19 heavy (non-hydrogen) atoms. The normalized spacial score (nSPS) is 10.9. The summed E-state index contributed by atoms with van der Waals surface area (Å²) in [6.07, 6.45) is 3.44. The van der Waals surface area contributed by atoms with Crippen molar-refractivity contribution in [2.75, 3.05) is 32.6 Å². The van der Waals surface area contributed by atoms with Gasteiger partial charge in [-0.15, -0.1) is 11.8 Å². The molecule has 1 aromatic carbocycles. The van der Waals surface area contributed by atoms with E-state index in [1.165, 1.54) is 4.90 Å². The van der Waals surface area contributed by atoms with Gasteiger partial charge in [0.1, 0.15) is 12.4 Å². The molecule has 4 heteroatoms. The van der Waals surface area contributed by atoms with E-state index in [1.54, 1.807) is 11.8 Å². The average Bonchev–Trinajstić information content (AvgIpc) is 2.42. The first-order valence-electron chi connectivity index (χ1n) is 6.81. The van der Waals surface area contributed by atoms with Crippen molar-refractivity contribution in [3.63, 3.8) is 0 Å². The summed E-state index contributed by atoms with van der Waals surface area (Å²) >= 11 is 1.74. The highest BCUT2D eigenvalue weighted by atomic mass is 32.2. The maximum Gasteiger partial charge on any atom is 0.119 e. The largest absolute Gasteiger partial charge is 0.492 e. The van der Waals surface area contributed by atoms with Gasteiger partial charge in [0.05, 0.1) is 6.10 Å². The molecule has 0 heterocycles. The lowest BCUT2D eigenvalue weighted by molar-refractivity contribution is 0.0770. The standard InChI is InChI=1S/C15H25NO2S/c1-13(2)17-11-4-9-16-10-12-18-14-5-7-15(19-3)8-6-14/h5-8,13,16H,4,9-12H2,1-3H3. The quantitative estimate of drug-likeness (QED) is 0.528. The molecule has 0 radical (unpaired) electrons. The van der Waals surface area contributed by atoms with Gasteiger partial charge in [0.2, 0.25) is 0 Å². The lowest BCUT2D eigenvalue weighted by Gasteiger charge is -2.09. The second kappa shape index (κ2) is 10.1. The first-order chi connectivity index (χ1) is 9.22. The fourth-order valence-corrected chi connectivity index (χ4v) is 1.96. The Hall–Kier alpha value is -0.710. The molecule has 0 amide bonds. The molecule has 0 spiro atoms. The van der Waals surface area contributed by atoms with E-state index in [4.69, 9.17) is 9.47 Å². The molecule has 0 aromatic heterocycles. The topological polar surface area (TPSA) is 30.5 Å². The van der Waals surface area contributed by atoms with E-state index >= 15 is 0 Å². The van der Waals surface area contributed by atoms with Crippen LogP contribution in [0.25, 0.3) is 0 Å². The molecule has 0 bridgehead atoms. The summed E-state index contributed by atoms with van der Waals surface area (Å²) in [7, 11) is 0. The van der Waals surface area contributed by atoms with Crippen LogP contribution in [-0.2, 0) is 4.74 Å².